The van der Waals surface area contributed by atoms with Crippen LogP contribution in [0.4, 0.5) is 0 Å². The van der Waals surface area contributed by atoms with Crippen molar-refractivity contribution in [1.29, 1.82) is 0 Å². The maximum atomic E-state index is 11.3. The average Bonchev–Trinajstić information content (AvgIpc) is 2.72. The smallest absolute Gasteiger partial charge is 0.323 e. The molecule has 0 fully saturated rings. The topological polar surface area (TPSA) is 90.9 Å². The first kappa shape index (κ1) is 15.0. The summed E-state index contributed by atoms with van der Waals surface area (Å²) >= 11 is 1.46. The summed E-state index contributed by atoms with van der Waals surface area (Å²) < 4.78 is 0. The average molecular weight is 272 g/mol. The summed E-state index contributed by atoms with van der Waals surface area (Å²) in [5.41, 5.74) is -0.881. The van der Waals surface area contributed by atoms with Gasteiger partial charge in [0.2, 0.25) is 5.16 Å². The van der Waals surface area contributed by atoms with Crippen LogP contribution in [0.3, 0.4) is 0 Å². The fraction of sp³-hybridized carbons (Fsp3) is 0.727. The normalized spacial score (nSPS) is 14.4. The third-order valence-electron chi connectivity index (χ3n) is 2.65. The van der Waals surface area contributed by atoms with E-state index in [0.29, 0.717) is 23.9 Å². The minimum atomic E-state index is -0.881. The zero-order valence-corrected chi connectivity index (χ0v) is 11.8. The molecule has 1 unspecified atom stereocenters. The number of aryl methyl sites for hydroxylation is 1. The molecule has 0 aliphatic rings. The van der Waals surface area contributed by atoms with Gasteiger partial charge < -0.3 is 10.4 Å². The van der Waals surface area contributed by atoms with E-state index in [9.17, 15) is 9.90 Å². The van der Waals surface area contributed by atoms with Crippen LogP contribution in [0.25, 0.3) is 0 Å². The van der Waals surface area contributed by atoms with E-state index in [0.717, 1.165) is 12.2 Å². The van der Waals surface area contributed by atoms with E-state index in [2.05, 4.69) is 20.5 Å². The lowest BCUT2D eigenvalue weighted by molar-refractivity contribution is -0.144. The van der Waals surface area contributed by atoms with E-state index < -0.39 is 11.5 Å². The van der Waals surface area contributed by atoms with Gasteiger partial charge in [0.05, 0.1) is 0 Å². The Morgan fingerprint density at radius 1 is 1.61 bits per heavy atom. The molecule has 0 aliphatic heterocycles. The number of aromatic amines is 1. The highest BCUT2D eigenvalue weighted by Crippen LogP contribution is 2.19. The number of rotatable bonds is 8. The molecule has 0 aromatic carbocycles. The van der Waals surface area contributed by atoms with Gasteiger partial charge in [0.25, 0.3) is 0 Å². The molecular weight excluding hydrogens is 252 g/mol. The number of aromatic nitrogens is 3. The Hall–Kier alpha value is -1.08. The van der Waals surface area contributed by atoms with Crippen molar-refractivity contribution in [1.82, 2.24) is 20.5 Å². The molecule has 1 atom stereocenters. The van der Waals surface area contributed by atoms with Crippen molar-refractivity contribution < 1.29 is 9.90 Å². The maximum Gasteiger partial charge on any atom is 0.323 e. The van der Waals surface area contributed by atoms with E-state index in [1.54, 1.807) is 6.92 Å². The molecule has 0 saturated heterocycles. The predicted molar refractivity (Wildman–Crippen MR) is 70.8 cm³/mol. The van der Waals surface area contributed by atoms with Gasteiger partial charge >= 0.3 is 5.97 Å². The largest absolute Gasteiger partial charge is 0.480 e. The first-order valence-corrected chi connectivity index (χ1v) is 6.96. The molecule has 1 rings (SSSR count). The molecule has 3 N–H and O–H groups in total. The number of nitrogens with zero attached hydrogens (tertiary/aromatic N) is 2. The van der Waals surface area contributed by atoms with Gasteiger partial charge in [0, 0.05) is 5.75 Å². The van der Waals surface area contributed by atoms with Gasteiger partial charge in [0.1, 0.15) is 11.4 Å². The van der Waals surface area contributed by atoms with Crippen molar-refractivity contribution in [2.24, 2.45) is 0 Å². The summed E-state index contributed by atoms with van der Waals surface area (Å²) in [6, 6.07) is 0. The van der Waals surface area contributed by atoms with Crippen molar-refractivity contribution in [3.05, 3.63) is 5.82 Å². The van der Waals surface area contributed by atoms with Crippen molar-refractivity contribution in [3.63, 3.8) is 0 Å². The first-order valence-electron chi connectivity index (χ1n) is 5.98. The van der Waals surface area contributed by atoms with Gasteiger partial charge in [-0.25, -0.2) is 4.98 Å². The fourth-order valence-corrected chi connectivity index (χ4v) is 2.41. The number of aliphatic carboxylic acids is 1. The Bertz CT molecular complexity index is 396. The number of carboxylic acid groups (broad SMARTS) is 1. The van der Waals surface area contributed by atoms with E-state index in [1.807, 2.05) is 13.8 Å². The highest BCUT2D eigenvalue weighted by Gasteiger charge is 2.31. The third-order valence-corrected chi connectivity index (χ3v) is 3.50. The van der Waals surface area contributed by atoms with Crippen molar-refractivity contribution in [3.8, 4) is 0 Å². The van der Waals surface area contributed by atoms with Crippen LogP contribution < -0.4 is 5.32 Å². The van der Waals surface area contributed by atoms with E-state index in [-0.39, 0.29) is 0 Å². The van der Waals surface area contributed by atoms with Gasteiger partial charge in [-0.1, -0.05) is 18.7 Å². The molecule has 102 valence electrons. The Morgan fingerprint density at radius 3 is 2.83 bits per heavy atom. The van der Waals surface area contributed by atoms with Crippen LogP contribution >= 0.6 is 11.8 Å². The first-order chi connectivity index (χ1) is 8.48. The van der Waals surface area contributed by atoms with Crippen LogP contribution in [-0.4, -0.2) is 44.1 Å². The molecule has 0 radical (unpaired) electrons. The summed E-state index contributed by atoms with van der Waals surface area (Å²) in [5, 5.41) is 19.8. The third kappa shape index (κ3) is 4.30. The highest BCUT2D eigenvalue weighted by atomic mass is 32.2. The minimum Gasteiger partial charge on any atom is -0.480 e. The number of hydrogen-bond acceptors (Lipinski definition) is 5. The summed E-state index contributed by atoms with van der Waals surface area (Å²) in [6.07, 6.45) is 1.44. The van der Waals surface area contributed by atoms with Gasteiger partial charge in [0.15, 0.2) is 0 Å². The molecule has 18 heavy (non-hydrogen) atoms. The Balaban J connectivity index is 2.44. The molecule has 1 heterocycles. The Labute approximate surface area is 111 Å². The molecule has 0 amide bonds. The zero-order chi connectivity index (χ0) is 13.6. The van der Waals surface area contributed by atoms with E-state index in [4.69, 9.17) is 0 Å². The number of carboxylic acids is 1. The second kappa shape index (κ2) is 6.75. The van der Waals surface area contributed by atoms with Crippen LogP contribution in [-0.2, 0) is 4.79 Å². The zero-order valence-electron chi connectivity index (χ0n) is 11.0. The monoisotopic (exact) mass is 272 g/mol. The van der Waals surface area contributed by atoms with Gasteiger partial charge in [-0.15, -0.1) is 5.10 Å². The number of thioether (sulfide) groups is 1. The van der Waals surface area contributed by atoms with E-state index in [1.165, 1.54) is 11.8 Å². The van der Waals surface area contributed by atoms with Crippen LogP contribution in [0, 0.1) is 6.92 Å². The summed E-state index contributed by atoms with van der Waals surface area (Å²) in [4.78, 5) is 15.4. The summed E-state index contributed by atoms with van der Waals surface area (Å²) in [6.45, 7) is 6.27. The SMILES string of the molecule is CCCNC(C)(CCSc1n[nH]c(C)n1)C(=O)O. The number of nitrogens with one attached hydrogen (secondary N) is 2. The molecule has 6 nitrogen and oxygen atoms in total. The van der Waals surface area contributed by atoms with Gasteiger partial charge in [-0.2, -0.15) is 0 Å². The Kier molecular flexibility index (Phi) is 5.61. The number of H-pyrrole nitrogens is 1. The number of carbonyl (C=O) groups is 1. The second-order valence-corrected chi connectivity index (χ2v) is 5.43. The maximum absolute atomic E-state index is 11.3. The lowest BCUT2D eigenvalue weighted by Crippen LogP contribution is -2.50. The molecule has 0 saturated carbocycles. The van der Waals surface area contributed by atoms with Crippen LogP contribution in [0.1, 0.15) is 32.5 Å². The minimum absolute atomic E-state index is 0.528. The second-order valence-electron chi connectivity index (χ2n) is 4.37. The summed E-state index contributed by atoms with van der Waals surface area (Å²) in [5.74, 6) is 0.613. The molecule has 0 aliphatic carbocycles. The molecule has 0 bridgehead atoms. The lowest BCUT2D eigenvalue weighted by atomic mass is 9.99. The van der Waals surface area contributed by atoms with Crippen LogP contribution in [0.15, 0.2) is 5.16 Å². The van der Waals surface area contributed by atoms with E-state index >= 15 is 0 Å². The lowest BCUT2D eigenvalue weighted by Gasteiger charge is -2.25. The highest BCUT2D eigenvalue weighted by molar-refractivity contribution is 7.99. The standard InChI is InChI=1S/C11H20N4O2S/c1-4-6-12-11(3,9(16)17)5-7-18-10-13-8(2)14-15-10/h12H,4-7H2,1-3H3,(H,16,17)(H,13,14,15). The number of hydrogen-bond donors (Lipinski definition) is 3. The summed E-state index contributed by atoms with van der Waals surface area (Å²) in [7, 11) is 0. The van der Waals surface area contributed by atoms with Gasteiger partial charge in [-0.3, -0.25) is 9.89 Å². The molecule has 1 aromatic heterocycles. The van der Waals surface area contributed by atoms with Crippen molar-refractivity contribution in [2.75, 3.05) is 12.3 Å². The Morgan fingerprint density at radius 2 is 2.33 bits per heavy atom. The molecular formula is C11H20N4O2S. The van der Waals surface area contributed by atoms with Crippen molar-refractivity contribution >= 4 is 17.7 Å². The molecule has 7 heteroatoms. The van der Waals surface area contributed by atoms with Gasteiger partial charge in [-0.05, 0) is 33.2 Å². The van der Waals surface area contributed by atoms with Crippen LogP contribution in [0.5, 0.6) is 0 Å². The molecule has 1 aromatic rings. The van der Waals surface area contributed by atoms with Crippen LogP contribution in [0.2, 0.25) is 0 Å². The predicted octanol–water partition coefficient (Wildman–Crippen LogP) is 1.44. The quantitative estimate of drug-likeness (QED) is 0.620. The molecule has 0 spiro atoms. The van der Waals surface area contributed by atoms with Crippen molar-refractivity contribution in [2.45, 2.75) is 44.3 Å². The fourth-order valence-electron chi connectivity index (χ4n) is 1.41.